The summed E-state index contributed by atoms with van der Waals surface area (Å²) in [5.41, 5.74) is 0.711. The van der Waals surface area contributed by atoms with Gasteiger partial charge < -0.3 is 10.1 Å². The fourth-order valence-electron chi connectivity index (χ4n) is 2.59. The van der Waals surface area contributed by atoms with Gasteiger partial charge in [-0.05, 0) is 54.1 Å². The minimum Gasteiger partial charge on any atom is -0.423 e. The zero-order valence-electron chi connectivity index (χ0n) is 16.3. The second-order valence-electron chi connectivity index (χ2n) is 6.40. The molecule has 3 aromatic rings. The number of nitriles is 1. The molecule has 0 radical (unpaired) electrons. The Labute approximate surface area is 187 Å². The first-order valence-corrected chi connectivity index (χ1v) is 9.49. The average Bonchev–Trinajstić information content (AvgIpc) is 2.80. The lowest BCUT2D eigenvalue weighted by Crippen LogP contribution is -2.13. The van der Waals surface area contributed by atoms with Crippen molar-refractivity contribution in [3.05, 3.63) is 105 Å². The number of non-ortho nitro benzene ring substituents is 1. The van der Waals surface area contributed by atoms with E-state index >= 15 is 0 Å². The molecule has 0 aliphatic carbocycles. The van der Waals surface area contributed by atoms with Crippen LogP contribution in [0.25, 0.3) is 6.08 Å². The van der Waals surface area contributed by atoms with Crippen molar-refractivity contribution in [3.63, 3.8) is 0 Å². The number of halogens is 1. The molecule has 0 bridgehead atoms. The molecule has 1 amide bonds. The molecule has 32 heavy (non-hydrogen) atoms. The van der Waals surface area contributed by atoms with Gasteiger partial charge in [-0.1, -0.05) is 29.8 Å². The molecule has 0 spiro atoms. The van der Waals surface area contributed by atoms with E-state index < -0.39 is 16.8 Å². The molecule has 3 rings (SSSR count). The van der Waals surface area contributed by atoms with E-state index in [0.29, 0.717) is 16.3 Å². The van der Waals surface area contributed by atoms with Crippen LogP contribution in [0.2, 0.25) is 5.02 Å². The summed E-state index contributed by atoms with van der Waals surface area (Å²) in [6, 6.07) is 19.6. The average molecular weight is 448 g/mol. The number of hydrogen-bond donors (Lipinski definition) is 1. The Morgan fingerprint density at radius 1 is 1.06 bits per heavy atom. The highest BCUT2D eigenvalue weighted by molar-refractivity contribution is 6.30. The Morgan fingerprint density at radius 3 is 2.38 bits per heavy atom. The van der Waals surface area contributed by atoms with Crippen molar-refractivity contribution in [2.75, 3.05) is 5.32 Å². The molecule has 0 unspecified atom stereocenters. The Bertz CT molecular complexity index is 1250. The van der Waals surface area contributed by atoms with Crippen LogP contribution in [0.4, 0.5) is 11.4 Å². The van der Waals surface area contributed by atoms with Crippen LogP contribution >= 0.6 is 11.6 Å². The monoisotopic (exact) mass is 447 g/mol. The third-order valence-electron chi connectivity index (χ3n) is 4.16. The predicted molar refractivity (Wildman–Crippen MR) is 118 cm³/mol. The van der Waals surface area contributed by atoms with E-state index in [1.165, 1.54) is 36.4 Å². The molecule has 1 N–H and O–H groups in total. The number of carbonyl (C=O) groups is 2. The second kappa shape index (κ2) is 10.0. The van der Waals surface area contributed by atoms with Gasteiger partial charge in [-0.3, -0.25) is 14.9 Å². The Kier molecular flexibility index (Phi) is 6.95. The molecule has 8 nitrogen and oxygen atoms in total. The lowest BCUT2D eigenvalue weighted by molar-refractivity contribution is -0.384. The third kappa shape index (κ3) is 5.78. The topological polar surface area (TPSA) is 122 Å². The van der Waals surface area contributed by atoms with E-state index in [1.54, 1.807) is 36.4 Å². The molecule has 0 atom stereocenters. The number of esters is 1. The summed E-state index contributed by atoms with van der Waals surface area (Å²) in [4.78, 5) is 34.8. The first-order valence-electron chi connectivity index (χ1n) is 9.11. The van der Waals surface area contributed by atoms with Crippen LogP contribution in [0.5, 0.6) is 5.75 Å². The van der Waals surface area contributed by atoms with Crippen LogP contribution in [-0.4, -0.2) is 16.8 Å². The van der Waals surface area contributed by atoms with Gasteiger partial charge in [-0.2, -0.15) is 5.26 Å². The highest BCUT2D eigenvalue weighted by atomic mass is 35.5. The van der Waals surface area contributed by atoms with E-state index in [4.69, 9.17) is 16.3 Å². The van der Waals surface area contributed by atoms with Gasteiger partial charge in [0.05, 0.1) is 10.5 Å². The van der Waals surface area contributed by atoms with Crippen molar-refractivity contribution < 1.29 is 19.2 Å². The summed E-state index contributed by atoms with van der Waals surface area (Å²) >= 11 is 5.81. The van der Waals surface area contributed by atoms with Crippen molar-refractivity contribution >= 4 is 40.9 Å². The minimum atomic E-state index is -0.753. The number of rotatable bonds is 6. The number of benzene rings is 3. The van der Waals surface area contributed by atoms with Crippen molar-refractivity contribution in [1.82, 2.24) is 0 Å². The number of hydrogen-bond acceptors (Lipinski definition) is 6. The Hall–Kier alpha value is -4.48. The standard InChI is InChI=1S/C23H14ClN3O5/c24-18-6-8-19(9-7-18)26-22(28)17(14-25)12-15-4-10-21(11-5-15)32-23(29)16-2-1-3-20(13-16)27(30)31/h1-13H,(H,26,28). The molecule has 3 aromatic carbocycles. The summed E-state index contributed by atoms with van der Waals surface area (Å²) in [6.07, 6.45) is 1.39. The van der Waals surface area contributed by atoms with Crippen LogP contribution in [0.1, 0.15) is 15.9 Å². The van der Waals surface area contributed by atoms with Gasteiger partial charge in [0.1, 0.15) is 17.4 Å². The van der Waals surface area contributed by atoms with Crippen molar-refractivity contribution in [2.24, 2.45) is 0 Å². The fourth-order valence-corrected chi connectivity index (χ4v) is 2.72. The van der Waals surface area contributed by atoms with Crippen LogP contribution in [-0.2, 0) is 4.79 Å². The van der Waals surface area contributed by atoms with E-state index in [1.807, 2.05) is 6.07 Å². The van der Waals surface area contributed by atoms with Crippen LogP contribution < -0.4 is 10.1 Å². The van der Waals surface area contributed by atoms with Gasteiger partial charge in [-0.25, -0.2) is 4.79 Å². The zero-order chi connectivity index (χ0) is 23.1. The van der Waals surface area contributed by atoms with Crippen LogP contribution in [0.15, 0.2) is 78.4 Å². The molecule has 0 saturated carbocycles. The number of nitro benzene ring substituents is 1. The van der Waals surface area contributed by atoms with Gasteiger partial charge in [0.25, 0.3) is 11.6 Å². The maximum absolute atomic E-state index is 12.3. The van der Waals surface area contributed by atoms with Crippen LogP contribution in [0.3, 0.4) is 0 Å². The number of nitrogens with one attached hydrogen (secondary N) is 1. The lowest BCUT2D eigenvalue weighted by Gasteiger charge is -2.06. The van der Waals surface area contributed by atoms with Crippen molar-refractivity contribution in [1.29, 1.82) is 5.26 Å². The Balaban J connectivity index is 1.69. The van der Waals surface area contributed by atoms with E-state index in [2.05, 4.69) is 5.32 Å². The first-order chi connectivity index (χ1) is 15.4. The van der Waals surface area contributed by atoms with Gasteiger partial charge in [0, 0.05) is 22.8 Å². The van der Waals surface area contributed by atoms with Gasteiger partial charge >= 0.3 is 5.97 Å². The predicted octanol–water partition coefficient (Wildman–Crippen LogP) is 5.01. The fraction of sp³-hybridized carbons (Fsp3) is 0. The SMILES string of the molecule is N#CC(=Cc1ccc(OC(=O)c2cccc([N+](=O)[O-])c2)cc1)C(=O)Nc1ccc(Cl)cc1. The molecule has 0 fully saturated rings. The highest BCUT2D eigenvalue weighted by Crippen LogP contribution is 2.19. The number of anilines is 1. The molecule has 0 aromatic heterocycles. The van der Waals surface area contributed by atoms with Crippen molar-refractivity contribution in [2.45, 2.75) is 0 Å². The summed E-state index contributed by atoms with van der Waals surface area (Å²) in [5, 5.41) is 23.3. The summed E-state index contributed by atoms with van der Waals surface area (Å²) in [5.74, 6) is -1.14. The lowest BCUT2D eigenvalue weighted by atomic mass is 10.1. The van der Waals surface area contributed by atoms with Crippen LogP contribution in [0, 0.1) is 21.4 Å². The highest BCUT2D eigenvalue weighted by Gasteiger charge is 2.14. The molecule has 0 aliphatic rings. The molecule has 0 heterocycles. The Morgan fingerprint density at radius 2 is 1.75 bits per heavy atom. The quantitative estimate of drug-likeness (QED) is 0.141. The van der Waals surface area contributed by atoms with E-state index in [-0.39, 0.29) is 22.6 Å². The van der Waals surface area contributed by atoms with Crippen molar-refractivity contribution in [3.8, 4) is 11.8 Å². The maximum atomic E-state index is 12.3. The number of nitrogens with zero attached hydrogens (tertiary/aromatic N) is 2. The molecule has 0 aliphatic heterocycles. The smallest absolute Gasteiger partial charge is 0.343 e. The van der Waals surface area contributed by atoms with Gasteiger partial charge in [-0.15, -0.1) is 0 Å². The van der Waals surface area contributed by atoms with E-state index in [0.717, 1.165) is 6.07 Å². The third-order valence-corrected chi connectivity index (χ3v) is 4.41. The molecular formula is C23H14ClN3O5. The summed E-state index contributed by atoms with van der Waals surface area (Å²) < 4.78 is 5.22. The molecule has 0 saturated heterocycles. The maximum Gasteiger partial charge on any atom is 0.343 e. The van der Waals surface area contributed by atoms with Gasteiger partial charge in [0.2, 0.25) is 0 Å². The summed E-state index contributed by atoms with van der Waals surface area (Å²) in [6.45, 7) is 0. The van der Waals surface area contributed by atoms with E-state index in [9.17, 15) is 25.0 Å². The minimum absolute atomic E-state index is 0.0359. The molecular weight excluding hydrogens is 434 g/mol. The molecule has 158 valence electrons. The normalized spacial score (nSPS) is 10.7. The first kappa shape index (κ1) is 22.2. The zero-order valence-corrected chi connectivity index (χ0v) is 17.1. The van der Waals surface area contributed by atoms with Gasteiger partial charge in [0.15, 0.2) is 0 Å². The largest absolute Gasteiger partial charge is 0.423 e. The molecule has 9 heteroatoms. The number of amides is 1. The summed E-state index contributed by atoms with van der Waals surface area (Å²) in [7, 11) is 0. The number of carbonyl (C=O) groups excluding carboxylic acids is 2. The number of nitro groups is 1. The second-order valence-corrected chi connectivity index (χ2v) is 6.83. The number of ether oxygens (including phenoxy) is 1.